The van der Waals surface area contributed by atoms with Gasteiger partial charge in [-0.2, -0.15) is 0 Å². The zero-order valence-electron chi connectivity index (χ0n) is 18.1. The molecule has 0 atom stereocenters. The fraction of sp³-hybridized carbons (Fsp3) is 0. The summed E-state index contributed by atoms with van der Waals surface area (Å²) in [6.45, 7) is 0. The summed E-state index contributed by atoms with van der Waals surface area (Å²) in [7, 11) is 0. The molecule has 0 aliphatic carbocycles. The number of oxazole rings is 1. The Balaban J connectivity index is 1.57. The van der Waals surface area contributed by atoms with Crippen LogP contribution in [0.4, 0.5) is 0 Å². The summed E-state index contributed by atoms with van der Waals surface area (Å²) in [5.41, 5.74) is 4.89. The van der Waals surface area contributed by atoms with Crippen LogP contribution in [0.3, 0.4) is 0 Å². The van der Waals surface area contributed by atoms with Crippen molar-refractivity contribution >= 4 is 59.3 Å². The molecule has 0 radical (unpaired) electrons. The lowest BCUT2D eigenvalue weighted by molar-refractivity contribution is 0.621. The maximum absolute atomic E-state index is 6.55. The van der Waals surface area contributed by atoms with Gasteiger partial charge in [0.2, 0.25) is 5.89 Å². The third kappa shape index (κ3) is 2.84. The molecule has 6 aromatic carbocycles. The normalized spacial score (nSPS) is 11.7. The smallest absolute Gasteiger partial charge is 0.227 e. The first-order chi connectivity index (χ1) is 16.8. The van der Waals surface area contributed by atoms with Gasteiger partial charge in [-0.3, -0.25) is 0 Å². The Kier molecular flexibility index (Phi) is 4.33. The second-order valence-electron chi connectivity index (χ2n) is 8.48. The van der Waals surface area contributed by atoms with E-state index >= 15 is 0 Å². The summed E-state index contributed by atoms with van der Waals surface area (Å²) in [6, 6.07) is 37.9. The van der Waals surface area contributed by atoms with Crippen LogP contribution in [0.15, 0.2) is 118 Å². The fourth-order valence-electron chi connectivity index (χ4n) is 5.04. The lowest BCUT2D eigenvalue weighted by atomic mass is 9.91. The number of hydrogen-bond acceptors (Lipinski definition) is 2. The van der Waals surface area contributed by atoms with Gasteiger partial charge in [-0.05, 0) is 60.4 Å². The maximum Gasteiger partial charge on any atom is 0.227 e. The quantitative estimate of drug-likeness (QED) is 0.221. The van der Waals surface area contributed by atoms with Gasteiger partial charge in [-0.25, -0.2) is 4.98 Å². The summed E-state index contributed by atoms with van der Waals surface area (Å²) in [5, 5.41) is 7.04. The molecule has 0 saturated carbocycles. The highest BCUT2D eigenvalue weighted by Gasteiger charge is 2.19. The molecule has 0 saturated heterocycles. The Labute approximate surface area is 204 Å². The van der Waals surface area contributed by atoms with Gasteiger partial charge in [0.05, 0.1) is 0 Å². The molecule has 1 heterocycles. The summed E-state index contributed by atoms with van der Waals surface area (Å²) in [5.74, 6) is 0.643. The van der Waals surface area contributed by atoms with Crippen LogP contribution in [0.2, 0.25) is 0 Å². The van der Waals surface area contributed by atoms with Crippen LogP contribution < -0.4 is 0 Å². The third-order valence-corrected chi connectivity index (χ3v) is 7.42. The molecule has 2 nitrogen and oxygen atoms in total. The first kappa shape index (κ1) is 19.5. The second-order valence-corrected chi connectivity index (χ2v) is 9.27. The molecule has 7 rings (SSSR count). The second kappa shape index (κ2) is 7.54. The van der Waals surface area contributed by atoms with Crippen LogP contribution >= 0.6 is 15.9 Å². The first-order valence-corrected chi connectivity index (χ1v) is 12.1. The van der Waals surface area contributed by atoms with E-state index in [1.807, 2.05) is 6.07 Å². The van der Waals surface area contributed by atoms with E-state index in [-0.39, 0.29) is 0 Å². The monoisotopic (exact) mass is 499 g/mol. The molecule has 7 aromatic rings. The van der Waals surface area contributed by atoms with E-state index in [2.05, 4.69) is 119 Å². The van der Waals surface area contributed by atoms with E-state index < -0.39 is 0 Å². The molecule has 0 bridgehead atoms. The Morgan fingerprint density at radius 1 is 0.529 bits per heavy atom. The van der Waals surface area contributed by atoms with E-state index in [0.29, 0.717) is 5.89 Å². The predicted molar refractivity (Wildman–Crippen MR) is 145 cm³/mol. The van der Waals surface area contributed by atoms with Crippen molar-refractivity contribution in [3.63, 3.8) is 0 Å². The third-order valence-electron chi connectivity index (χ3n) is 6.57. The lowest BCUT2D eigenvalue weighted by Gasteiger charge is -2.14. The number of fused-ring (bicyclic) bond motifs is 4. The summed E-state index contributed by atoms with van der Waals surface area (Å²) < 4.78 is 7.67. The minimum atomic E-state index is 0.643. The van der Waals surface area contributed by atoms with Crippen LogP contribution in [0.25, 0.3) is 66.0 Å². The number of hydrogen-bond donors (Lipinski definition) is 0. The molecule has 34 heavy (non-hydrogen) atoms. The van der Waals surface area contributed by atoms with E-state index in [4.69, 9.17) is 9.40 Å². The van der Waals surface area contributed by atoms with Crippen LogP contribution in [0.5, 0.6) is 0 Å². The van der Waals surface area contributed by atoms with Crippen molar-refractivity contribution in [1.29, 1.82) is 0 Å². The molecule has 3 heteroatoms. The Morgan fingerprint density at radius 3 is 1.82 bits per heavy atom. The Morgan fingerprint density at radius 2 is 1.09 bits per heavy atom. The van der Waals surface area contributed by atoms with Crippen molar-refractivity contribution in [3.05, 3.63) is 114 Å². The molecule has 0 aliphatic rings. The van der Waals surface area contributed by atoms with Gasteiger partial charge in [0.25, 0.3) is 0 Å². The molecular weight excluding hydrogens is 482 g/mol. The molecule has 0 unspecified atom stereocenters. The van der Waals surface area contributed by atoms with Crippen molar-refractivity contribution < 1.29 is 4.42 Å². The summed E-state index contributed by atoms with van der Waals surface area (Å²) in [4.78, 5) is 4.92. The van der Waals surface area contributed by atoms with E-state index in [1.54, 1.807) is 0 Å². The van der Waals surface area contributed by atoms with Crippen LogP contribution in [-0.4, -0.2) is 4.98 Å². The molecule has 0 fully saturated rings. The first-order valence-electron chi connectivity index (χ1n) is 11.3. The van der Waals surface area contributed by atoms with Gasteiger partial charge in [0.15, 0.2) is 5.58 Å². The number of rotatable bonds is 2. The zero-order valence-corrected chi connectivity index (χ0v) is 19.7. The number of halogens is 1. The average molecular weight is 500 g/mol. The lowest BCUT2D eigenvalue weighted by Crippen LogP contribution is -1.88. The fourth-order valence-corrected chi connectivity index (χ4v) is 5.73. The predicted octanol–water partition coefficient (Wildman–Crippen LogP) is 9.38. The average Bonchev–Trinajstić information content (AvgIpc) is 3.34. The van der Waals surface area contributed by atoms with Crippen molar-refractivity contribution in [2.24, 2.45) is 0 Å². The van der Waals surface area contributed by atoms with Gasteiger partial charge in [0.1, 0.15) is 5.52 Å². The van der Waals surface area contributed by atoms with E-state index in [1.165, 1.54) is 32.5 Å². The van der Waals surface area contributed by atoms with Gasteiger partial charge >= 0.3 is 0 Å². The largest absolute Gasteiger partial charge is 0.435 e. The van der Waals surface area contributed by atoms with Crippen molar-refractivity contribution in [3.8, 4) is 22.6 Å². The highest BCUT2D eigenvalue weighted by atomic mass is 79.9. The van der Waals surface area contributed by atoms with Gasteiger partial charge in [-0.1, -0.05) is 97.1 Å². The van der Waals surface area contributed by atoms with E-state index in [0.717, 1.165) is 32.1 Å². The standard InChI is InChI=1S/C31H18BrNO/c32-29-23-14-5-3-12-21(23)28(22-13-4-6-15-24(22)29)26-17-8-18-27-30(26)34-31(33-27)25-16-7-10-19-9-1-2-11-20(19)25/h1-18H. The molecule has 1 aromatic heterocycles. The number of para-hydroxylation sites is 1. The van der Waals surface area contributed by atoms with Crippen molar-refractivity contribution in [2.45, 2.75) is 0 Å². The number of nitrogens with zero attached hydrogens (tertiary/aromatic N) is 1. The summed E-state index contributed by atoms with van der Waals surface area (Å²) in [6.07, 6.45) is 0. The summed E-state index contributed by atoms with van der Waals surface area (Å²) >= 11 is 3.86. The molecule has 0 aliphatic heterocycles. The zero-order chi connectivity index (χ0) is 22.6. The minimum absolute atomic E-state index is 0.643. The maximum atomic E-state index is 6.55. The minimum Gasteiger partial charge on any atom is -0.435 e. The number of aromatic nitrogens is 1. The van der Waals surface area contributed by atoms with Gasteiger partial charge in [0, 0.05) is 21.2 Å². The highest BCUT2D eigenvalue weighted by Crippen LogP contribution is 2.44. The van der Waals surface area contributed by atoms with Crippen LogP contribution in [0, 0.1) is 0 Å². The molecule has 0 spiro atoms. The molecule has 0 amide bonds. The molecule has 160 valence electrons. The van der Waals surface area contributed by atoms with Crippen LogP contribution in [0.1, 0.15) is 0 Å². The van der Waals surface area contributed by atoms with Gasteiger partial charge in [-0.15, -0.1) is 0 Å². The topological polar surface area (TPSA) is 26.0 Å². The van der Waals surface area contributed by atoms with Crippen molar-refractivity contribution in [1.82, 2.24) is 4.98 Å². The Bertz CT molecular complexity index is 1820. The molecular formula is C31H18BrNO. The molecule has 0 N–H and O–H groups in total. The van der Waals surface area contributed by atoms with Crippen LogP contribution in [-0.2, 0) is 0 Å². The van der Waals surface area contributed by atoms with Gasteiger partial charge < -0.3 is 4.42 Å². The number of benzene rings is 6. The van der Waals surface area contributed by atoms with Crippen molar-refractivity contribution in [2.75, 3.05) is 0 Å². The SMILES string of the molecule is Brc1c2ccccc2c(-c2cccc3nc(-c4cccc5ccccc45)oc23)c2ccccc12. The highest BCUT2D eigenvalue weighted by molar-refractivity contribution is 9.10. The van der Waals surface area contributed by atoms with E-state index in [9.17, 15) is 0 Å². The Hall–Kier alpha value is -3.95.